The highest BCUT2D eigenvalue weighted by Crippen LogP contribution is 2.34. The number of Topliss-reactive ketones (excluding diaryl/α,β-unsaturated/α-hetero) is 1. The maximum Gasteiger partial charge on any atom is 0.340 e. The molecule has 1 heterocycles. The summed E-state index contributed by atoms with van der Waals surface area (Å²) < 4.78 is 15.5. The highest BCUT2D eigenvalue weighted by molar-refractivity contribution is 6.13. The minimum Gasteiger partial charge on any atom is -0.497 e. The fraction of sp³-hybridized carbons (Fsp3) is 0.429. The number of aliphatic carboxylic acids is 1. The fourth-order valence-electron chi connectivity index (χ4n) is 3.66. The van der Waals surface area contributed by atoms with E-state index in [0.29, 0.717) is 23.7 Å². The Morgan fingerprint density at radius 1 is 1.15 bits per heavy atom. The Morgan fingerprint density at radius 2 is 1.85 bits per heavy atom. The van der Waals surface area contributed by atoms with Crippen LogP contribution in [0.15, 0.2) is 47.4 Å². The number of allylic oxidation sites excluding steroid dienone is 1. The second-order valence-corrected chi connectivity index (χ2v) is 6.84. The van der Waals surface area contributed by atoms with Crippen molar-refractivity contribution in [1.29, 1.82) is 0 Å². The molecule has 6 heteroatoms. The summed E-state index contributed by atoms with van der Waals surface area (Å²) in [6, 6.07) is 6.70. The van der Waals surface area contributed by atoms with E-state index in [4.69, 9.17) is 14.2 Å². The van der Waals surface area contributed by atoms with Crippen LogP contribution in [-0.4, -0.2) is 30.8 Å². The Bertz CT molecular complexity index is 753. The van der Waals surface area contributed by atoms with E-state index in [1.54, 1.807) is 31.4 Å². The number of carboxylic acids is 1. The fourth-order valence-corrected chi connectivity index (χ4v) is 3.66. The maximum atomic E-state index is 13.2. The summed E-state index contributed by atoms with van der Waals surface area (Å²) >= 11 is 0. The van der Waals surface area contributed by atoms with Crippen molar-refractivity contribution in [3.8, 4) is 5.75 Å². The van der Waals surface area contributed by atoms with Gasteiger partial charge < -0.3 is 19.3 Å². The number of hydrogen-bond acceptors (Lipinski definition) is 5. The number of benzene rings is 1. The normalized spacial score (nSPS) is 18.0. The number of carbonyl (C=O) groups excluding carboxylic acids is 1. The van der Waals surface area contributed by atoms with Gasteiger partial charge in [0.15, 0.2) is 11.5 Å². The lowest BCUT2D eigenvalue weighted by molar-refractivity contribution is -0.132. The molecule has 1 aromatic rings. The van der Waals surface area contributed by atoms with E-state index in [1.165, 1.54) is 12.7 Å². The third kappa shape index (κ3) is 4.51. The lowest BCUT2D eigenvalue weighted by atomic mass is 9.81. The first-order valence-corrected chi connectivity index (χ1v) is 9.20. The smallest absolute Gasteiger partial charge is 0.340 e. The Balaban J connectivity index is 2.00. The summed E-state index contributed by atoms with van der Waals surface area (Å²) in [5, 5.41) is 9.81. The molecule has 1 saturated carbocycles. The van der Waals surface area contributed by atoms with Crippen molar-refractivity contribution in [2.24, 2.45) is 5.92 Å². The van der Waals surface area contributed by atoms with Crippen LogP contribution in [0.4, 0.5) is 0 Å². The zero-order chi connectivity index (χ0) is 19.2. The van der Waals surface area contributed by atoms with Gasteiger partial charge in [0.1, 0.15) is 17.6 Å². The van der Waals surface area contributed by atoms with Crippen LogP contribution < -0.4 is 4.74 Å². The Kier molecular flexibility index (Phi) is 6.16. The molecule has 0 bridgehead atoms. The number of ketones is 1. The second kappa shape index (κ2) is 8.75. The zero-order valence-corrected chi connectivity index (χ0v) is 15.4. The Hall–Kier alpha value is -2.76. The first-order valence-electron chi connectivity index (χ1n) is 9.20. The van der Waals surface area contributed by atoms with Crippen LogP contribution >= 0.6 is 0 Å². The number of hydrogen-bond donors (Lipinski definition) is 1. The molecule has 0 amide bonds. The van der Waals surface area contributed by atoms with Crippen molar-refractivity contribution in [1.82, 2.24) is 0 Å². The lowest BCUT2D eigenvalue weighted by Gasteiger charge is -2.23. The van der Waals surface area contributed by atoms with Gasteiger partial charge in [0.25, 0.3) is 0 Å². The van der Waals surface area contributed by atoms with Crippen LogP contribution in [0.25, 0.3) is 0 Å². The van der Waals surface area contributed by atoms with E-state index in [0.717, 1.165) is 25.7 Å². The molecule has 6 nitrogen and oxygen atoms in total. The van der Waals surface area contributed by atoms with Crippen LogP contribution in [0.5, 0.6) is 5.75 Å². The third-order valence-electron chi connectivity index (χ3n) is 5.08. The van der Waals surface area contributed by atoms with Gasteiger partial charge >= 0.3 is 5.97 Å². The van der Waals surface area contributed by atoms with E-state index < -0.39 is 5.97 Å². The van der Waals surface area contributed by atoms with Gasteiger partial charge in [-0.3, -0.25) is 4.79 Å². The first kappa shape index (κ1) is 19.0. The van der Waals surface area contributed by atoms with E-state index in [9.17, 15) is 14.7 Å². The number of ether oxygens (including phenoxy) is 3. The maximum absolute atomic E-state index is 13.2. The first-order chi connectivity index (χ1) is 13.1. The molecule has 0 spiro atoms. The minimum absolute atomic E-state index is 0.0421. The van der Waals surface area contributed by atoms with Gasteiger partial charge in [0, 0.05) is 11.1 Å². The van der Waals surface area contributed by atoms with E-state index in [2.05, 4.69) is 0 Å². The summed E-state index contributed by atoms with van der Waals surface area (Å²) in [6.07, 6.45) is 7.11. The van der Waals surface area contributed by atoms with E-state index in [-0.39, 0.29) is 29.5 Å². The van der Waals surface area contributed by atoms with Crippen LogP contribution in [0.1, 0.15) is 48.9 Å². The molecular weight excluding hydrogens is 348 g/mol. The molecule has 0 radical (unpaired) electrons. The summed E-state index contributed by atoms with van der Waals surface area (Å²) in [7, 11) is 1.55. The molecule has 1 fully saturated rings. The summed E-state index contributed by atoms with van der Waals surface area (Å²) in [6.45, 7) is -0.0421. The number of methoxy groups -OCH3 is 1. The zero-order valence-electron chi connectivity index (χ0n) is 15.4. The van der Waals surface area contributed by atoms with E-state index in [1.807, 2.05) is 0 Å². The molecule has 1 aliphatic heterocycles. The van der Waals surface area contributed by atoms with Gasteiger partial charge in [-0.15, -0.1) is 0 Å². The van der Waals surface area contributed by atoms with Crippen molar-refractivity contribution < 1.29 is 28.9 Å². The number of carboxylic acid groups (broad SMARTS) is 1. The molecule has 1 N–H and O–H groups in total. The van der Waals surface area contributed by atoms with Crippen LogP contribution in [0, 0.1) is 5.92 Å². The lowest BCUT2D eigenvalue weighted by Crippen LogP contribution is -2.18. The molecule has 27 heavy (non-hydrogen) atoms. The van der Waals surface area contributed by atoms with Gasteiger partial charge in [-0.05, 0) is 36.6 Å². The molecule has 1 aromatic carbocycles. The molecule has 144 valence electrons. The summed E-state index contributed by atoms with van der Waals surface area (Å²) in [4.78, 5) is 25.2. The monoisotopic (exact) mass is 372 g/mol. The van der Waals surface area contributed by atoms with Gasteiger partial charge in [0.2, 0.25) is 6.79 Å². The van der Waals surface area contributed by atoms with Gasteiger partial charge in [0.05, 0.1) is 7.11 Å². The Labute approximate surface area is 158 Å². The predicted molar refractivity (Wildman–Crippen MR) is 98.3 cm³/mol. The summed E-state index contributed by atoms with van der Waals surface area (Å²) in [5.74, 6) is -0.433. The molecule has 0 saturated heterocycles. The second-order valence-electron chi connectivity index (χ2n) is 6.84. The average Bonchev–Trinajstić information content (AvgIpc) is 3.22. The number of rotatable bonds is 7. The molecule has 0 aromatic heterocycles. The standard InChI is InChI=1S/C21H24O6/c1-25-16-9-7-15(8-10-16)20(22)17(11-14-5-3-2-4-6-14)19(21(23)24)18-12-26-13-27-18/h7-10,12,14H,2-6,11,13H2,1H3,(H,23,24). The third-order valence-corrected chi connectivity index (χ3v) is 5.08. The Morgan fingerprint density at radius 3 is 2.41 bits per heavy atom. The van der Waals surface area contributed by atoms with Gasteiger partial charge in [-0.25, -0.2) is 4.79 Å². The highest BCUT2D eigenvalue weighted by Gasteiger charge is 2.30. The molecule has 3 rings (SSSR count). The van der Waals surface area contributed by atoms with Crippen LogP contribution in [0.2, 0.25) is 0 Å². The van der Waals surface area contributed by atoms with Crippen molar-refractivity contribution in [3.63, 3.8) is 0 Å². The van der Waals surface area contributed by atoms with Crippen molar-refractivity contribution in [3.05, 3.63) is 53.0 Å². The molecule has 1 aliphatic carbocycles. The largest absolute Gasteiger partial charge is 0.497 e. The van der Waals surface area contributed by atoms with Crippen molar-refractivity contribution >= 4 is 11.8 Å². The van der Waals surface area contributed by atoms with Gasteiger partial charge in [-0.2, -0.15) is 0 Å². The topological polar surface area (TPSA) is 82.1 Å². The molecule has 0 atom stereocenters. The van der Waals surface area contributed by atoms with Crippen molar-refractivity contribution in [2.45, 2.75) is 38.5 Å². The minimum atomic E-state index is -1.18. The average molecular weight is 372 g/mol. The SMILES string of the molecule is COc1ccc(C(=O)C(CC2CCCCC2)=C(C(=O)O)C2=COCO2)cc1. The van der Waals surface area contributed by atoms with E-state index >= 15 is 0 Å². The molecule has 0 unspecified atom stereocenters. The molecular formula is C21H24O6. The van der Waals surface area contributed by atoms with Gasteiger partial charge in [-0.1, -0.05) is 32.1 Å². The number of carbonyl (C=O) groups is 2. The van der Waals surface area contributed by atoms with Crippen LogP contribution in [0.3, 0.4) is 0 Å². The predicted octanol–water partition coefficient (Wildman–Crippen LogP) is 4.08. The quantitative estimate of drug-likeness (QED) is 0.574. The molecule has 2 aliphatic rings. The van der Waals surface area contributed by atoms with Crippen molar-refractivity contribution in [2.75, 3.05) is 13.9 Å². The van der Waals surface area contributed by atoms with Crippen LogP contribution in [-0.2, 0) is 14.3 Å². The highest BCUT2D eigenvalue weighted by atomic mass is 16.7. The summed E-state index contributed by atoms with van der Waals surface area (Å²) in [5.41, 5.74) is 0.607.